The Balaban J connectivity index is 1.22. The zero-order valence-electron chi connectivity index (χ0n) is 20.0. The van der Waals surface area contributed by atoms with Gasteiger partial charge in [0.05, 0.1) is 0 Å². The molecule has 2 N–H and O–H groups in total. The number of carboxylic acids is 1. The van der Waals surface area contributed by atoms with E-state index in [1.807, 2.05) is 54.6 Å². The number of carbonyl (C=O) groups excluding carboxylic acids is 2. The predicted molar refractivity (Wildman–Crippen MR) is 140 cm³/mol. The average Bonchev–Trinajstić information content (AvgIpc) is 3.25. The summed E-state index contributed by atoms with van der Waals surface area (Å²) in [6.45, 7) is 0.0997. The van der Waals surface area contributed by atoms with Crippen LogP contribution in [0.4, 0.5) is 4.79 Å². The highest BCUT2D eigenvalue weighted by molar-refractivity contribution is 6.08. The summed E-state index contributed by atoms with van der Waals surface area (Å²) in [6, 6.07) is 30.5. The van der Waals surface area contributed by atoms with Gasteiger partial charge in [0.1, 0.15) is 12.6 Å². The molecule has 4 aromatic carbocycles. The van der Waals surface area contributed by atoms with E-state index < -0.39 is 18.1 Å². The van der Waals surface area contributed by atoms with E-state index in [0.717, 1.165) is 22.3 Å². The summed E-state index contributed by atoms with van der Waals surface area (Å²) in [6.07, 6.45) is -0.732. The van der Waals surface area contributed by atoms with Gasteiger partial charge in [-0.1, -0.05) is 103 Å². The van der Waals surface area contributed by atoms with Gasteiger partial charge < -0.3 is 15.2 Å². The highest BCUT2D eigenvalue weighted by Crippen LogP contribution is 2.44. The number of nitrogens with one attached hydrogen (secondary N) is 1. The van der Waals surface area contributed by atoms with E-state index in [1.54, 1.807) is 48.5 Å². The van der Waals surface area contributed by atoms with Gasteiger partial charge >= 0.3 is 12.1 Å². The average molecular weight is 492 g/mol. The monoisotopic (exact) mass is 491 g/mol. The van der Waals surface area contributed by atoms with Crippen molar-refractivity contribution < 1.29 is 24.2 Å². The van der Waals surface area contributed by atoms with Crippen LogP contribution in [-0.2, 0) is 16.0 Å². The number of ketones is 1. The Hall–Kier alpha value is -4.71. The van der Waals surface area contributed by atoms with Crippen molar-refractivity contribution in [1.29, 1.82) is 0 Å². The molecule has 0 aliphatic heterocycles. The van der Waals surface area contributed by atoms with Crippen LogP contribution in [0.1, 0.15) is 38.5 Å². The lowest BCUT2D eigenvalue weighted by Gasteiger charge is -2.17. The third-order valence-electron chi connectivity index (χ3n) is 6.63. The first kappa shape index (κ1) is 24.0. The van der Waals surface area contributed by atoms with Crippen LogP contribution in [-0.4, -0.2) is 35.6 Å². The number of hydrogen-bond acceptors (Lipinski definition) is 4. The summed E-state index contributed by atoms with van der Waals surface area (Å²) in [7, 11) is 0. The molecule has 5 rings (SSSR count). The van der Waals surface area contributed by atoms with Crippen LogP contribution in [0.15, 0.2) is 103 Å². The number of benzene rings is 4. The van der Waals surface area contributed by atoms with Gasteiger partial charge in [0, 0.05) is 23.5 Å². The lowest BCUT2D eigenvalue weighted by Crippen LogP contribution is -2.42. The van der Waals surface area contributed by atoms with Gasteiger partial charge in [0.2, 0.25) is 0 Å². The second kappa shape index (κ2) is 10.5. The molecule has 1 aliphatic rings. The minimum Gasteiger partial charge on any atom is -0.480 e. The third-order valence-corrected chi connectivity index (χ3v) is 6.63. The van der Waals surface area contributed by atoms with Gasteiger partial charge in [-0.2, -0.15) is 0 Å². The second-order valence-corrected chi connectivity index (χ2v) is 8.96. The van der Waals surface area contributed by atoms with Crippen LogP contribution in [0, 0.1) is 0 Å². The van der Waals surface area contributed by atoms with Crippen LogP contribution in [0.25, 0.3) is 11.1 Å². The molecule has 4 aromatic rings. The van der Waals surface area contributed by atoms with E-state index in [2.05, 4.69) is 5.32 Å². The second-order valence-electron chi connectivity index (χ2n) is 8.96. The Morgan fingerprint density at radius 3 is 1.86 bits per heavy atom. The van der Waals surface area contributed by atoms with Crippen LogP contribution in [0.2, 0.25) is 0 Å². The SMILES string of the molecule is O=C(N[C@H](Cc1ccc(C(=O)c2ccccc2)cc1)C(=O)O)OCC1c2ccccc2-c2ccccc21. The fourth-order valence-electron chi connectivity index (χ4n) is 4.77. The van der Waals surface area contributed by atoms with Crippen molar-refractivity contribution >= 4 is 17.8 Å². The standard InChI is InChI=1S/C31H25NO5/c33-29(21-8-2-1-3-9-21)22-16-14-20(15-17-22)18-28(30(34)35)32-31(36)37-19-27-25-12-6-4-10-23(25)24-11-5-7-13-26(24)27/h1-17,27-28H,18-19H2,(H,32,36)(H,34,35)/t28-/m1/s1. The Kier molecular flexibility index (Phi) is 6.81. The molecule has 37 heavy (non-hydrogen) atoms. The molecule has 1 aliphatic carbocycles. The summed E-state index contributed by atoms with van der Waals surface area (Å²) in [4.78, 5) is 37.1. The van der Waals surface area contributed by atoms with E-state index in [9.17, 15) is 19.5 Å². The molecular weight excluding hydrogens is 466 g/mol. The van der Waals surface area contributed by atoms with Crippen molar-refractivity contribution in [3.8, 4) is 11.1 Å². The number of aliphatic carboxylic acids is 1. The first-order valence-corrected chi connectivity index (χ1v) is 12.0. The van der Waals surface area contributed by atoms with Crippen molar-refractivity contribution in [1.82, 2.24) is 5.32 Å². The Bertz CT molecular complexity index is 1400. The van der Waals surface area contributed by atoms with Gasteiger partial charge in [0.15, 0.2) is 5.78 Å². The summed E-state index contributed by atoms with van der Waals surface area (Å²) in [5.74, 6) is -1.40. The number of hydrogen-bond donors (Lipinski definition) is 2. The van der Waals surface area contributed by atoms with Crippen LogP contribution >= 0.6 is 0 Å². The van der Waals surface area contributed by atoms with E-state index in [0.29, 0.717) is 16.7 Å². The van der Waals surface area contributed by atoms with Crippen molar-refractivity contribution in [2.75, 3.05) is 6.61 Å². The maximum atomic E-state index is 12.6. The van der Waals surface area contributed by atoms with E-state index in [1.165, 1.54) is 0 Å². The molecule has 0 radical (unpaired) electrons. The number of rotatable bonds is 8. The van der Waals surface area contributed by atoms with Gasteiger partial charge in [0.25, 0.3) is 0 Å². The minimum atomic E-state index is -1.17. The predicted octanol–water partition coefficient (Wildman–Crippen LogP) is 5.45. The lowest BCUT2D eigenvalue weighted by molar-refractivity contribution is -0.139. The Morgan fingerprint density at radius 2 is 1.27 bits per heavy atom. The van der Waals surface area contributed by atoms with Gasteiger partial charge in [-0.15, -0.1) is 0 Å². The zero-order valence-corrected chi connectivity index (χ0v) is 20.0. The first-order valence-electron chi connectivity index (χ1n) is 12.0. The first-order chi connectivity index (χ1) is 18.0. The molecule has 0 spiro atoms. The Morgan fingerprint density at radius 1 is 0.730 bits per heavy atom. The molecule has 0 heterocycles. The highest BCUT2D eigenvalue weighted by Gasteiger charge is 2.29. The Labute approximate surface area is 214 Å². The lowest BCUT2D eigenvalue weighted by atomic mass is 9.98. The molecule has 0 fully saturated rings. The van der Waals surface area contributed by atoms with Gasteiger partial charge in [-0.3, -0.25) is 4.79 Å². The number of alkyl carbamates (subject to hydrolysis) is 1. The number of amides is 1. The molecular formula is C31H25NO5. The molecule has 0 unspecified atom stereocenters. The zero-order chi connectivity index (χ0) is 25.8. The topological polar surface area (TPSA) is 92.7 Å². The molecule has 6 nitrogen and oxygen atoms in total. The molecule has 0 saturated carbocycles. The fourth-order valence-corrected chi connectivity index (χ4v) is 4.77. The number of carboxylic acid groups (broad SMARTS) is 1. The summed E-state index contributed by atoms with van der Waals surface area (Å²) >= 11 is 0. The van der Waals surface area contributed by atoms with Crippen molar-refractivity contribution in [2.45, 2.75) is 18.4 Å². The minimum absolute atomic E-state index is 0.0549. The largest absolute Gasteiger partial charge is 0.480 e. The number of fused-ring (bicyclic) bond motifs is 3. The van der Waals surface area contributed by atoms with E-state index in [4.69, 9.17) is 4.74 Å². The molecule has 0 saturated heterocycles. The van der Waals surface area contributed by atoms with Crippen LogP contribution in [0.5, 0.6) is 0 Å². The highest BCUT2D eigenvalue weighted by atomic mass is 16.5. The molecule has 184 valence electrons. The molecule has 0 aromatic heterocycles. The third kappa shape index (κ3) is 5.14. The normalized spacial score (nSPS) is 12.8. The number of carbonyl (C=O) groups is 3. The van der Waals surface area contributed by atoms with Gasteiger partial charge in [-0.05, 0) is 27.8 Å². The van der Waals surface area contributed by atoms with Crippen molar-refractivity contribution in [2.24, 2.45) is 0 Å². The quantitative estimate of drug-likeness (QED) is 0.320. The van der Waals surface area contributed by atoms with Crippen LogP contribution in [0.3, 0.4) is 0 Å². The molecule has 0 bridgehead atoms. The van der Waals surface area contributed by atoms with Crippen LogP contribution < -0.4 is 5.32 Å². The summed E-state index contributed by atoms with van der Waals surface area (Å²) in [5, 5.41) is 12.2. The molecule has 6 heteroatoms. The van der Waals surface area contributed by atoms with Crippen molar-refractivity contribution in [3.05, 3.63) is 131 Å². The van der Waals surface area contributed by atoms with E-state index in [-0.39, 0.29) is 24.7 Å². The number of ether oxygens (including phenoxy) is 1. The maximum absolute atomic E-state index is 12.6. The molecule has 1 amide bonds. The summed E-state index contributed by atoms with van der Waals surface area (Å²) < 4.78 is 5.50. The van der Waals surface area contributed by atoms with E-state index >= 15 is 0 Å². The maximum Gasteiger partial charge on any atom is 0.407 e. The fraction of sp³-hybridized carbons (Fsp3) is 0.129. The smallest absolute Gasteiger partial charge is 0.407 e. The molecule has 1 atom stereocenters. The summed E-state index contributed by atoms with van der Waals surface area (Å²) in [5.41, 5.74) is 6.15. The van der Waals surface area contributed by atoms with Crippen molar-refractivity contribution in [3.63, 3.8) is 0 Å². The van der Waals surface area contributed by atoms with Gasteiger partial charge in [-0.25, -0.2) is 9.59 Å².